The van der Waals surface area contributed by atoms with Crippen molar-refractivity contribution in [3.8, 4) is 11.5 Å². The molecule has 0 saturated carbocycles. The third-order valence-electron chi connectivity index (χ3n) is 3.85. The van der Waals surface area contributed by atoms with E-state index in [9.17, 15) is 4.79 Å². The van der Waals surface area contributed by atoms with Gasteiger partial charge in [-0.3, -0.25) is 0 Å². The third kappa shape index (κ3) is 4.65. The van der Waals surface area contributed by atoms with Crippen LogP contribution >= 0.6 is 0 Å². The third-order valence-corrected chi connectivity index (χ3v) is 3.85. The van der Waals surface area contributed by atoms with Crippen molar-refractivity contribution < 1.29 is 14.3 Å². The monoisotopic (exact) mass is 328 g/mol. The van der Waals surface area contributed by atoms with E-state index in [1.165, 1.54) is 0 Å². The van der Waals surface area contributed by atoms with Gasteiger partial charge in [-0.25, -0.2) is 4.79 Å². The minimum absolute atomic E-state index is 0.216. The minimum Gasteiger partial charge on any atom is -0.497 e. The molecule has 2 amide bonds. The first-order valence-electron chi connectivity index (χ1n) is 7.78. The number of hydrogen-bond acceptors (Lipinski definition) is 3. The van der Waals surface area contributed by atoms with E-state index in [4.69, 9.17) is 9.47 Å². The zero-order valence-electron chi connectivity index (χ0n) is 14.6. The van der Waals surface area contributed by atoms with Crippen molar-refractivity contribution in [3.05, 3.63) is 59.7 Å². The molecule has 5 nitrogen and oxygen atoms in total. The van der Waals surface area contributed by atoms with Crippen LogP contribution < -0.4 is 20.1 Å². The van der Waals surface area contributed by atoms with Crippen LogP contribution in [0.4, 0.5) is 4.79 Å². The molecular weight excluding hydrogens is 304 g/mol. The predicted molar refractivity (Wildman–Crippen MR) is 94.4 cm³/mol. The fraction of sp³-hybridized carbons (Fsp3) is 0.316. The van der Waals surface area contributed by atoms with Crippen molar-refractivity contribution in [3.63, 3.8) is 0 Å². The normalized spacial score (nSPS) is 10.8. The van der Waals surface area contributed by atoms with Crippen LogP contribution in [0.3, 0.4) is 0 Å². The Balaban J connectivity index is 1.91. The molecule has 2 rings (SSSR count). The van der Waals surface area contributed by atoms with Crippen molar-refractivity contribution >= 4 is 6.03 Å². The maximum Gasteiger partial charge on any atom is 0.315 e. The predicted octanol–water partition coefficient (Wildman–Crippen LogP) is 3.44. The molecule has 2 N–H and O–H groups in total. The summed E-state index contributed by atoms with van der Waals surface area (Å²) in [6.45, 7) is 4.37. The Labute approximate surface area is 143 Å². The summed E-state index contributed by atoms with van der Waals surface area (Å²) in [5, 5.41) is 5.86. The van der Waals surface area contributed by atoms with E-state index in [0.29, 0.717) is 6.54 Å². The van der Waals surface area contributed by atoms with Gasteiger partial charge in [-0.15, -0.1) is 0 Å². The first-order valence-corrected chi connectivity index (χ1v) is 7.78. The molecule has 0 bridgehead atoms. The van der Waals surface area contributed by atoms with Crippen LogP contribution in [0.2, 0.25) is 0 Å². The number of urea groups is 1. The smallest absolute Gasteiger partial charge is 0.315 e. The summed E-state index contributed by atoms with van der Waals surface area (Å²) in [6.07, 6.45) is 0. The van der Waals surface area contributed by atoms with Gasteiger partial charge in [0.2, 0.25) is 0 Å². The number of ether oxygens (including phenoxy) is 2. The molecule has 2 aromatic carbocycles. The van der Waals surface area contributed by atoms with Crippen molar-refractivity contribution in [1.82, 2.24) is 10.6 Å². The van der Waals surface area contributed by atoms with Gasteiger partial charge >= 0.3 is 6.03 Å². The van der Waals surface area contributed by atoms with Crippen LogP contribution in [0.15, 0.2) is 48.5 Å². The van der Waals surface area contributed by atoms with Gasteiger partial charge in [0.1, 0.15) is 11.5 Å². The molecule has 0 radical (unpaired) electrons. The molecule has 0 unspecified atom stereocenters. The fourth-order valence-electron chi connectivity index (χ4n) is 2.33. The molecule has 0 spiro atoms. The number of rotatable bonds is 6. The number of benzene rings is 2. The highest BCUT2D eigenvalue weighted by Gasteiger charge is 2.22. The first-order chi connectivity index (χ1) is 11.4. The molecule has 0 aliphatic heterocycles. The number of hydrogen-bond donors (Lipinski definition) is 2. The van der Waals surface area contributed by atoms with Crippen LogP contribution in [0.1, 0.15) is 25.0 Å². The molecule has 5 heteroatoms. The topological polar surface area (TPSA) is 59.6 Å². The largest absolute Gasteiger partial charge is 0.497 e. The lowest BCUT2D eigenvalue weighted by atomic mass is 9.94. The second-order valence-corrected chi connectivity index (χ2v) is 6.01. The van der Waals surface area contributed by atoms with E-state index in [2.05, 4.69) is 10.6 Å². The van der Waals surface area contributed by atoms with Gasteiger partial charge in [-0.05, 0) is 49.2 Å². The molecule has 24 heavy (non-hydrogen) atoms. The van der Waals surface area contributed by atoms with Crippen LogP contribution in [0.25, 0.3) is 0 Å². The summed E-state index contributed by atoms with van der Waals surface area (Å²) in [5.74, 6) is 1.59. The Hall–Kier alpha value is -2.69. The average molecular weight is 328 g/mol. The Morgan fingerprint density at radius 1 is 0.917 bits per heavy atom. The van der Waals surface area contributed by atoms with Gasteiger partial charge in [-0.1, -0.05) is 24.3 Å². The molecule has 0 aliphatic rings. The molecular formula is C19H24N2O3. The summed E-state index contributed by atoms with van der Waals surface area (Å²) in [5.41, 5.74) is 1.52. The Bertz CT molecular complexity index is 664. The maximum atomic E-state index is 12.2. The summed E-state index contributed by atoms with van der Waals surface area (Å²) in [7, 11) is 3.26. The summed E-state index contributed by atoms with van der Waals surface area (Å²) in [6, 6.07) is 15.0. The molecule has 0 fully saturated rings. The van der Waals surface area contributed by atoms with Crippen LogP contribution in [-0.2, 0) is 12.1 Å². The van der Waals surface area contributed by atoms with Crippen LogP contribution in [-0.4, -0.2) is 20.3 Å². The molecule has 0 saturated heterocycles. The van der Waals surface area contributed by atoms with Gasteiger partial charge in [-0.2, -0.15) is 0 Å². The zero-order chi connectivity index (χ0) is 17.6. The van der Waals surface area contributed by atoms with Gasteiger partial charge < -0.3 is 20.1 Å². The Kier molecular flexibility index (Phi) is 5.68. The van der Waals surface area contributed by atoms with E-state index in [1.807, 2.05) is 62.4 Å². The number of carbonyl (C=O) groups is 1. The Morgan fingerprint density at radius 2 is 1.42 bits per heavy atom. The standard InChI is InChI=1S/C19H24N2O3/c1-19(2,15-7-11-17(24-4)12-8-15)21-18(22)20-13-14-5-9-16(23-3)10-6-14/h5-12H,13H2,1-4H3,(H2,20,21,22). The van der Waals surface area contributed by atoms with Crippen LogP contribution in [0, 0.1) is 0 Å². The number of nitrogens with one attached hydrogen (secondary N) is 2. The summed E-state index contributed by atoms with van der Waals surface area (Å²) < 4.78 is 10.3. The summed E-state index contributed by atoms with van der Waals surface area (Å²) in [4.78, 5) is 12.2. The lowest BCUT2D eigenvalue weighted by molar-refractivity contribution is 0.229. The highest BCUT2D eigenvalue weighted by Crippen LogP contribution is 2.22. The van der Waals surface area contributed by atoms with E-state index in [-0.39, 0.29) is 6.03 Å². The van der Waals surface area contributed by atoms with Crippen molar-refractivity contribution in [2.75, 3.05) is 14.2 Å². The van der Waals surface area contributed by atoms with Gasteiger partial charge in [0.25, 0.3) is 0 Å². The minimum atomic E-state index is -0.490. The van der Waals surface area contributed by atoms with Crippen molar-refractivity contribution in [2.45, 2.75) is 25.9 Å². The van der Waals surface area contributed by atoms with E-state index in [0.717, 1.165) is 22.6 Å². The lowest BCUT2D eigenvalue weighted by Crippen LogP contribution is -2.46. The number of methoxy groups -OCH3 is 2. The molecule has 0 atom stereocenters. The highest BCUT2D eigenvalue weighted by molar-refractivity contribution is 5.75. The van der Waals surface area contributed by atoms with E-state index in [1.54, 1.807) is 14.2 Å². The van der Waals surface area contributed by atoms with Gasteiger partial charge in [0.15, 0.2) is 0 Å². The van der Waals surface area contributed by atoms with Gasteiger partial charge in [0.05, 0.1) is 19.8 Å². The fourth-order valence-corrected chi connectivity index (χ4v) is 2.33. The molecule has 0 aliphatic carbocycles. The summed E-state index contributed by atoms with van der Waals surface area (Å²) >= 11 is 0. The number of amides is 2. The lowest BCUT2D eigenvalue weighted by Gasteiger charge is -2.27. The zero-order valence-corrected chi connectivity index (χ0v) is 14.6. The van der Waals surface area contributed by atoms with Crippen molar-refractivity contribution in [2.24, 2.45) is 0 Å². The molecule has 0 aromatic heterocycles. The molecule has 2 aromatic rings. The van der Waals surface area contributed by atoms with Gasteiger partial charge in [0, 0.05) is 6.54 Å². The second kappa shape index (κ2) is 7.73. The maximum absolute atomic E-state index is 12.2. The van der Waals surface area contributed by atoms with E-state index >= 15 is 0 Å². The Morgan fingerprint density at radius 3 is 1.92 bits per heavy atom. The average Bonchev–Trinajstić information content (AvgIpc) is 2.60. The molecule has 0 heterocycles. The van der Waals surface area contributed by atoms with E-state index < -0.39 is 5.54 Å². The SMILES string of the molecule is COc1ccc(CNC(=O)NC(C)(C)c2ccc(OC)cc2)cc1. The highest BCUT2D eigenvalue weighted by atomic mass is 16.5. The van der Waals surface area contributed by atoms with Crippen molar-refractivity contribution in [1.29, 1.82) is 0 Å². The quantitative estimate of drug-likeness (QED) is 0.854. The van der Waals surface area contributed by atoms with Crippen LogP contribution in [0.5, 0.6) is 11.5 Å². The first kappa shape index (κ1) is 17.7. The molecule has 128 valence electrons. The second-order valence-electron chi connectivity index (χ2n) is 6.01. The number of carbonyl (C=O) groups excluding carboxylic acids is 1.